The van der Waals surface area contributed by atoms with Crippen molar-refractivity contribution in [2.45, 2.75) is 24.9 Å². The van der Waals surface area contributed by atoms with Crippen LogP contribution in [0.4, 0.5) is 0 Å². The molecule has 0 N–H and O–H groups in total. The van der Waals surface area contributed by atoms with E-state index < -0.39 is 0 Å². The average molecular weight is 305 g/mol. The van der Waals surface area contributed by atoms with Crippen molar-refractivity contribution in [2.75, 3.05) is 12.9 Å². The number of ketones is 1. The molecule has 0 amide bonds. The molecule has 0 fully saturated rings. The van der Waals surface area contributed by atoms with E-state index in [1.807, 2.05) is 35.9 Å². The summed E-state index contributed by atoms with van der Waals surface area (Å²) in [6, 6.07) is 7.74. The van der Waals surface area contributed by atoms with Gasteiger partial charge in [0.25, 0.3) is 0 Å². The van der Waals surface area contributed by atoms with Gasteiger partial charge < -0.3 is 14.1 Å². The van der Waals surface area contributed by atoms with Crippen LogP contribution in [-0.2, 0) is 11.8 Å². The maximum Gasteiger partial charge on any atom is 0.191 e. The molecule has 0 radical (unpaired) electrons. The van der Waals surface area contributed by atoms with Gasteiger partial charge in [-0.15, -0.1) is 10.2 Å². The zero-order valence-electron chi connectivity index (χ0n) is 12.5. The highest BCUT2D eigenvalue weighted by molar-refractivity contribution is 7.99. The smallest absolute Gasteiger partial charge is 0.191 e. The molecule has 5 nitrogen and oxygen atoms in total. The Kier molecular flexibility index (Phi) is 5.38. The van der Waals surface area contributed by atoms with Gasteiger partial charge in [0.05, 0.1) is 7.11 Å². The highest BCUT2D eigenvalue weighted by Gasteiger charge is 2.11. The zero-order chi connectivity index (χ0) is 15.2. The summed E-state index contributed by atoms with van der Waals surface area (Å²) < 4.78 is 7.12. The van der Waals surface area contributed by atoms with Crippen LogP contribution in [0.5, 0.6) is 5.75 Å². The molecule has 1 aromatic carbocycles. The van der Waals surface area contributed by atoms with Gasteiger partial charge in [0.15, 0.2) is 11.0 Å². The third kappa shape index (κ3) is 4.07. The Morgan fingerprint density at radius 3 is 2.62 bits per heavy atom. The lowest BCUT2D eigenvalue weighted by Crippen LogP contribution is -1.96. The van der Waals surface area contributed by atoms with E-state index in [9.17, 15) is 4.79 Å². The highest BCUT2D eigenvalue weighted by Crippen LogP contribution is 2.24. The van der Waals surface area contributed by atoms with Crippen molar-refractivity contribution in [1.29, 1.82) is 0 Å². The molecule has 0 aliphatic heterocycles. The second-order valence-corrected chi connectivity index (χ2v) is 5.81. The van der Waals surface area contributed by atoms with Crippen LogP contribution in [0, 0.1) is 0 Å². The molecule has 112 valence electrons. The lowest BCUT2D eigenvalue weighted by Gasteiger charge is -2.04. The summed E-state index contributed by atoms with van der Waals surface area (Å²) in [4.78, 5) is 10.9. The number of hydrogen-bond acceptors (Lipinski definition) is 5. The molecule has 2 rings (SSSR count). The van der Waals surface area contributed by atoms with Crippen molar-refractivity contribution in [2.24, 2.45) is 7.05 Å². The van der Waals surface area contributed by atoms with Crippen LogP contribution < -0.4 is 4.74 Å². The van der Waals surface area contributed by atoms with Crippen LogP contribution in [0.2, 0.25) is 0 Å². The molecular formula is C15H19N3O2S. The van der Waals surface area contributed by atoms with E-state index in [1.165, 1.54) is 0 Å². The Balaban J connectivity index is 2.03. The fraction of sp³-hybridized carbons (Fsp3) is 0.400. The number of methoxy groups -OCH3 is 1. The molecule has 0 aliphatic carbocycles. The van der Waals surface area contributed by atoms with Crippen LogP contribution >= 0.6 is 11.8 Å². The summed E-state index contributed by atoms with van der Waals surface area (Å²) in [7, 11) is 3.60. The monoisotopic (exact) mass is 305 g/mol. The molecule has 21 heavy (non-hydrogen) atoms. The first kappa shape index (κ1) is 15.6. The van der Waals surface area contributed by atoms with E-state index in [2.05, 4.69) is 10.2 Å². The molecule has 6 heteroatoms. The van der Waals surface area contributed by atoms with Crippen molar-refractivity contribution >= 4 is 17.5 Å². The molecule has 1 heterocycles. The zero-order valence-corrected chi connectivity index (χ0v) is 13.3. The Morgan fingerprint density at radius 2 is 2.00 bits per heavy atom. The Hall–Kier alpha value is -1.82. The van der Waals surface area contributed by atoms with Crippen LogP contribution in [-0.4, -0.2) is 33.4 Å². The summed E-state index contributed by atoms with van der Waals surface area (Å²) in [5.41, 5.74) is 1.00. The maximum atomic E-state index is 10.9. The molecule has 0 unspecified atom stereocenters. The van der Waals surface area contributed by atoms with Gasteiger partial charge in [-0.1, -0.05) is 11.8 Å². The van der Waals surface area contributed by atoms with Crippen molar-refractivity contribution < 1.29 is 9.53 Å². The number of ether oxygens (including phenoxy) is 1. The average Bonchev–Trinajstić information content (AvgIpc) is 2.85. The van der Waals surface area contributed by atoms with Crippen LogP contribution in [0.1, 0.15) is 19.8 Å². The predicted octanol–water partition coefficient (Wildman–Crippen LogP) is 2.95. The Bertz CT molecular complexity index is 608. The van der Waals surface area contributed by atoms with Crippen LogP contribution in [0.15, 0.2) is 29.4 Å². The van der Waals surface area contributed by atoms with E-state index in [-0.39, 0.29) is 5.78 Å². The molecule has 0 spiro atoms. The lowest BCUT2D eigenvalue weighted by atomic mass is 10.2. The number of carbonyl (C=O) groups is 1. The van der Waals surface area contributed by atoms with Gasteiger partial charge >= 0.3 is 0 Å². The summed E-state index contributed by atoms with van der Waals surface area (Å²) in [5, 5.41) is 9.32. The number of thioether (sulfide) groups is 1. The minimum atomic E-state index is 0.229. The van der Waals surface area contributed by atoms with Gasteiger partial charge in [0.2, 0.25) is 0 Å². The topological polar surface area (TPSA) is 57.0 Å². The van der Waals surface area contributed by atoms with E-state index in [0.29, 0.717) is 6.42 Å². The molecule has 0 saturated heterocycles. The van der Waals surface area contributed by atoms with Gasteiger partial charge in [0, 0.05) is 24.8 Å². The second kappa shape index (κ2) is 7.26. The SMILES string of the molecule is COc1ccc(-c2nnc(SCCCC(C)=O)n2C)cc1. The third-order valence-corrected chi connectivity index (χ3v) is 4.19. The first-order valence-electron chi connectivity index (χ1n) is 6.78. The van der Waals surface area contributed by atoms with Crippen molar-refractivity contribution in [3.05, 3.63) is 24.3 Å². The quantitative estimate of drug-likeness (QED) is 0.581. The van der Waals surface area contributed by atoms with Gasteiger partial charge in [-0.2, -0.15) is 0 Å². The number of Topliss-reactive ketones (excluding diaryl/α,β-unsaturated/α-hetero) is 1. The fourth-order valence-electron chi connectivity index (χ4n) is 1.92. The molecule has 0 atom stereocenters. The molecule has 0 saturated carbocycles. The largest absolute Gasteiger partial charge is 0.497 e. The third-order valence-electron chi connectivity index (χ3n) is 3.09. The van der Waals surface area contributed by atoms with Crippen molar-refractivity contribution in [1.82, 2.24) is 14.8 Å². The van der Waals surface area contributed by atoms with Gasteiger partial charge in [0.1, 0.15) is 11.5 Å². The standard InChI is InChI=1S/C15H19N3O2S/c1-11(19)5-4-10-21-15-17-16-14(18(15)2)12-6-8-13(20-3)9-7-12/h6-9H,4-5,10H2,1-3H3. The molecule has 2 aromatic rings. The van der Waals surface area contributed by atoms with Crippen molar-refractivity contribution in [3.8, 4) is 17.1 Å². The van der Waals surface area contributed by atoms with Crippen LogP contribution in [0.3, 0.4) is 0 Å². The number of nitrogens with zero attached hydrogens (tertiary/aromatic N) is 3. The molecule has 1 aromatic heterocycles. The Labute approximate surface area is 128 Å². The number of benzene rings is 1. The lowest BCUT2D eigenvalue weighted by molar-refractivity contribution is -0.117. The van der Waals surface area contributed by atoms with E-state index >= 15 is 0 Å². The highest BCUT2D eigenvalue weighted by atomic mass is 32.2. The summed E-state index contributed by atoms with van der Waals surface area (Å²) in [5.74, 6) is 2.74. The minimum absolute atomic E-state index is 0.229. The van der Waals surface area contributed by atoms with E-state index in [4.69, 9.17) is 4.74 Å². The number of carbonyl (C=O) groups excluding carboxylic acids is 1. The summed E-state index contributed by atoms with van der Waals surface area (Å²) >= 11 is 1.62. The summed E-state index contributed by atoms with van der Waals surface area (Å²) in [6.45, 7) is 1.62. The first-order valence-corrected chi connectivity index (χ1v) is 7.76. The van der Waals surface area contributed by atoms with Crippen molar-refractivity contribution in [3.63, 3.8) is 0 Å². The van der Waals surface area contributed by atoms with Crippen LogP contribution in [0.25, 0.3) is 11.4 Å². The van der Waals surface area contributed by atoms with E-state index in [1.54, 1.807) is 25.8 Å². The second-order valence-electron chi connectivity index (χ2n) is 4.75. The Morgan fingerprint density at radius 1 is 1.29 bits per heavy atom. The van der Waals surface area contributed by atoms with Gasteiger partial charge in [-0.05, 0) is 37.6 Å². The number of rotatable bonds is 7. The first-order chi connectivity index (χ1) is 10.1. The molecule has 0 bridgehead atoms. The number of aromatic nitrogens is 3. The van der Waals surface area contributed by atoms with Gasteiger partial charge in [-0.25, -0.2) is 0 Å². The predicted molar refractivity (Wildman–Crippen MR) is 83.6 cm³/mol. The summed E-state index contributed by atoms with van der Waals surface area (Å²) in [6.07, 6.45) is 1.49. The molecular weight excluding hydrogens is 286 g/mol. The maximum absolute atomic E-state index is 10.9. The van der Waals surface area contributed by atoms with Gasteiger partial charge in [-0.3, -0.25) is 0 Å². The normalized spacial score (nSPS) is 10.6. The minimum Gasteiger partial charge on any atom is -0.497 e. The number of hydrogen-bond donors (Lipinski definition) is 0. The van der Waals surface area contributed by atoms with E-state index in [0.717, 1.165) is 34.5 Å². The molecule has 0 aliphatic rings. The fourth-order valence-corrected chi connectivity index (χ4v) is 2.77.